The van der Waals surface area contributed by atoms with Crippen LogP contribution in [0.15, 0.2) is 48.5 Å². The summed E-state index contributed by atoms with van der Waals surface area (Å²) < 4.78 is 12.1. The Morgan fingerprint density at radius 2 is 0.981 bits per heavy atom. The fraction of sp³-hybridized carbons (Fsp3) is 0.595. The molecule has 0 amide bonds. The Bertz CT molecular complexity index is 1420. The number of halogens is 1. The van der Waals surface area contributed by atoms with Gasteiger partial charge in [-0.3, -0.25) is 20.2 Å². The summed E-state index contributed by atoms with van der Waals surface area (Å²) in [5.74, 6) is 9.04. The van der Waals surface area contributed by atoms with Gasteiger partial charge in [-0.15, -0.1) is 0 Å². The number of hydrogen-bond donors (Lipinski definition) is 1. The molecule has 4 aliphatic carbocycles. The first-order chi connectivity index (χ1) is 25.0. The van der Waals surface area contributed by atoms with E-state index in [9.17, 15) is 24.6 Å². The van der Waals surface area contributed by atoms with Gasteiger partial charge in [-0.25, -0.2) is 4.39 Å². The van der Waals surface area contributed by atoms with E-state index in [1.54, 1.807) is 25.0 Å². The van der Waals surface area contributed by atoms with Crippen LogP contribution >= 0.6 is 0 Å². The number of hydrogen-bond acceptors (Lipinski definition) is 12. The number of nitro benzene ring substituents is 2. The first kappa shape index (κ1) is 43.2. The number of benzene rings is 2. The molecule has 2 aromatic rings. The smallest absolute Gasteiger partial charge is 0.371 e. The van der Waals surface area contributed by atoms with E-state index in [1.165, 1.54) is 56.5 Å². The number of carbonyl (C=O) groups excluding carboxylic acids is 6. The minimum Gasteiger partial charge on any atom is -0.371 e. The number of nitrogens with zero attached hydrogens (tertiary/aromatic N) is 3. The largest absolute Gasteiger partial charge is 0.373 e. The van der Waals surface area contributed by atoms with Crippen molar-refractivity contribution >= 4 is 35.5 Å². The molecule has 0 spiro atoms. The molecule has 0 bridgehead atoms. The Hall–Kier alpha value is -4.93. The third kappa shape index (κ3) is 12.7. The van der Waals surface area contributed by atoms with Crippen molar-refractivity contribution in [1.82, 2.24) is 5.32 Å². The van der Waals surface area contributed by atoms with Crippen LogP contribution in [0.2, 0.25) is 0 Å². The molecule has 1 N–H and O–H groups in total. The number of rotatable bonds is 6. The summed E-state index contributed by atoms with van der Waals surface area (Å²) in [5, 5.41) is 23.9. The summed E-state index contributed by atoms with van der Waals surface area (Å²) in [6, 6.07) is 11.3. The van der Waals surface area contributed by atoms with Crippen LogP contribution in [0.3, 0.4) is 0 Å². The zero-order chi connectivity index (χ0) is 38.8. The Kier molecular flexibility index (Phi) is 18.4. The molecule has 4 saturated carbocycles. The number of fused-ring (bicyclic) bond motifs is 3. The SMILES string of the molecule is CCC1C2CCCC12.CCC1C2CN(c3ccc([N+](=O)[O-])cc3)CC12.CCC1C2CNCC12.O=C=O.O=C=O.O=C=O.O=[N+]([O-])c1ccc(F)cc1. The molecule has 15 heteroatoms. The average Bonchev–Trinajstić information content (AvgIpc) is 3.94. The van der Waals surface area contributed by atoms with E-state index in [4.69, 9.17) is 28.8 Å². The number of nitrogens with one attached hydrogen (secondary N) is 1. The molecule has 8 rings (SSSR count). The van der Waals surface area contributed by atoms with Crippen molar-refractivity contribution in [3.05, 3.63) is 74.6 Å². The zero-order valence-electron chi connectivity index (χ0n) is 29.7. The standard InChI is InChI=1S/C13H16N2O2.C8H14.C7H13N.C6H4FNO2.3CO2/c1-2-11-12-7-14(8-13(11)12)9-3-5-10(6-4-9)15(16)17;1-2-6-7-4-3-5-8(6)7;1-2-5-6-3-8-4-7(5)6;7-5-1-3-6(4-2-5)8(9)10;3*2-1-3/h3-6,11-13H,2,7-8H2,1H3;6-8H,2-5H2,1H3;5-8H,2-4H2,1H3;1-4H;;;. The number of anilines is 1. The molecule has 2 heterocycles. The van der Waals surface area contributed by atoms with Gasteiger partial charge in [0.2, 0.25) is 0 Å². The van der Waals surface area contributed by atoms with E-state index < -0.39 is 10.7 Å². The van der Waals surface area contributed by atoms with Crippen LogP contribution in [0.5, 0.6) is 0 Å². The highest BCUT2D eigenvalue weighted by molar-refractivity contribution is 5.52. The van der Waals surface area contributed by atoms with Crippen LogP contribution in [0, 0.1) is 79.3 Å². The Morgan fingerprint density at radius 1 is 0.635 bits per heavy atom. The Morgan fingerprint density at radius 3 is 1.31 bits per heavy atom. The highest BCUT2D eigenvalue weighted by atomic mass is 19.1. The lowest BCUT2D eigenvalue weighted by molar-refractivity contribution is -0.385. The van der Waals surface area contributed by atoms with E-state index in [0.717, 1.165) is 78.5 Å². The van der Waals surface area contributed by atoms with Gasteiger partial charge in [0.1, 0.15) is 5.82 Å². The van der Waals surface area contributed by atoms with Gasteiger partial charge in [0.15, 0.2) is 0 Å². The molecule has 6 unspecified atom stereocenters. The van der Waals surface area contributed by atoms with Crippen molar-refractivity contribution < 1.29 is 43.0 Å². The third-order valence-electron chi connectivity index (χ3n) is 11.1. The van der Waals surface area contributed by atoms with Gasteiger partial charge in [0, 0.05) is 43.0 Å². The molecular formula is C37H47FN4O10. The van der Waals surface area contributed by atoms with Gasteiger partial charge in [0.05, 0.1) is 9.85 Å². The average molecular weight is 727 g/mol. The molecule has 52 heavy (non-hydrogen) atoms. The highest BCUT2D eigenvalue weighted by Gasteiger charge is 2.54. The molecule has 0 aromatic heterocycles. The lowest BCUT2D eigenvalue weighted by Gasteiger charge is -2.21. The molecule has 2 aromatic carbocycles. The minimum atomic E-state index is -0.570. The van der Waals surface area contributed by atoms with Crippen molar-refractivity contribution in [2.75, 3.05) is 31.1 Å². The number of non-ortho nitro benzene ring substituents is 2. The summed E-state index contributed by atoms with van der Waals surface area (Å²) >= 11 is 0. The summed E-state index contributed by atoms with van der Waals surface area (Å²) in [6.07, 6.45) is 9.56. The summed E-state index contributed by atoms with van der Waals surface area (Å²) in [7, 11) is 0. The Balaban J connectivity index is 0.000000232. The maximum Gasteiger partial charge on any atom is 0.373 e. The molecule has 6 aliphatic rings. The normalized spacial score (nSPS) is 27.9. The first-order valence-electron chi connectivity index (χ1n) is 17.6. The summed E-state index contributed by atoms with van der Waals surface area (Å²) in [6.45, 7) is 11.8. The monoisotopic (exact) mass is 726 g/mol. The van der Waals surface area contributed by atoms with Crippen molar-refractivity contribution in [2.24, 2.45) is 53.3 Å². The maximum atomic E-state index is 12.1. The molecule has 6 fully saturated rings. The van der Waals surface area contributed by atoms with Gasteiger partial charge < -0.3 is 10.2 Å². The van der Waals surface area contributed by atoms with Crippen molar-refractivity contribution in [3.8, 4) is 0 Å². The van der Waals surface area contributed by atoms with Crippen molar-refractivity contribution in [3.63, 3.8) is 0 Å². The second-order valence-corrected chi connectivity index (χ2v) is 13.5. The maximum absolute atomic E-state index is 12.1. The third-order valence-corrected chi connectivity index (χ3v) is 11.1. The van der Waals surface area contributed by atoms with Gasteiger partial charge in [0.25, 0.3) is 11.4 Å². The summed E-state index contributed by atoms with van der Waals surface area (Å²) in [4.78, 5) is 70.7. The first-order valence-corrected chi connectivity index (χ1v) is 17.6. The predicted octanol–water partition coefficient (Wildman–Crippen LogP) is 5.97. The quantitative estimate of drug-likeness (QED) is 0.270. The fourth-order valence-electron chi connectivity index (χ4n) is 8.54. The fourth-order valence-corrected chi connectivity index (χ4v) is 8.54. The number of nitro groups is 2. The van der Waals surface area contributed by atoms with Crippen LogP contribution in [-0.2, 0) is 28.8 Å². The molecule has 2 saturated heterocycles. The second-order valence-electron chi connectivity index (χ2n) is 13.5. The molecule has 0 radical (unpaired) electrons. The summed E-state index contributed by atoms with van der Waals surface area (Å²) in [5.41, 5.74) is 1.20. The van der Waals surface area contributed by atoms with Gasteiger partial charge in [-0.2, -0.15) is 28.8 Å². The van der Waals surface area contributed by atoms with Gasteiger partial charge >= 0.3 is 18.5 Å². The number of piperidine rings is 2. The molecule has 14 nitrogen and oxygen atoms in total. The Labute approximate surface area is 301 Å². The lowest BCUT2D eigenvalue weighted by Crippen LogP contribution is -2.23. The highest BCUT2D eigenvalue weighted by Crippen LogP contribution is 2.58. The molecule has 6 atom stereocenters. The van der Waals surface area contributed by atoms with Crippen LogP contribution in [0.4, 0.5) is 21.5 Å². The molecule has 2 aliphatic heterocycles. The van der Waals surface area contributed by atoms with Gasteiger partial charge in [-0.05, 0) is 103 Å². The lowest BCUT2D eigenvalue weighted by atomic mass is 10.1. The zero-order valence-corrected chi connectivity index (χ0v) is 29.7. The van der Waals surface area contributed by atoms with E-state index in [1.807, 2.05) is 12.1 Å². The topological polar surface area (TPSA) is 204 Å². The minimum absolute atomic E-state index is 0.0959. The van der Waals surface area contributed by atoms with Crippen LogP contribution in [0.25, 0.3) is 0 Å². The van der Waals surface area contributed by atoms with Crippen LogP contribution in [-0.4, -0.2) is 54.5 Å². The van der Waals surface area contributed by atoms with Gasteiger partial charge in [-0.1, -0.05) is 46.5 Å². The van der Waals surface area contributed by atoms with Crippen LogP contribution < -0.4 is 10.2 Å². The predicted molar refractivity (Wildman–Crippen MR) is 182 cm³/mol. The van der Waals surface area contributed by atoms with Crippen molar-refractivity contribution in [2.45, 2.75) is 59.3 Å². The molecular weight excluding hydrogens is 679 g/mol. The second kappa shape index (κ2) is 22.1. The van der Waals surface area contributed by atoms with Crippen molar-refractivity contribution in [1.29, 1.82) is 0 Å². The molecule has 282 valence electrons. The van der Waals surface area contributed by atoms with E-state index >= 15 is 0 Å². The van der Waals surface area contributed by atoms with E-state index in [2.05, 4.69) is 31.0 Å². The van der Waals surface area contributed by atoms with E-state index in [-0.39, 0.29) is 34.8 Å². The van der Waals surface area contributed by atoms with E-state index in [0.29, 0.717) is 0 Å². The van der Waals surface area contributed by atoms with Crippen LogP contribution in [0.1, 0.15) is 59.3 Å².